The summed E-state index contributed by atoms with van der Waals surface area (Å²) in [6.45, 7) is 1.00. The van der Waals surface area contributed by atoms with Crippen molar-refractivity contribution in [3.8, 4) is 0 Å². The van der Waals surface area contributed by atoms with Crippen molar-refractivity contribution in [1.29, 1.82) is 0 Å². The third-order valence-corrected chi connectivity index (χ3v) is 2.60. The zero-order chi connectivity index (χ0) is 10.0. The highest BCUT2D eigenvalue weighted by molar-refractivity contribution is 5.23. The molecule has 1 atom stereocenters. The molecular formula is C11H13FO2. The van der Waals surface area contributed by atoms with Crippen LogP contribution in [-0.2, 0) is 10.3 Å². The Hall–Kier alpha value is -0.930. The molecule has 0 spiro atoms. The van der Waals surface area contributed by atoms with Crippen LogP contribution in [0.4, 0.5) is 4.39 Å². The summed E-state index contributed by atoms with van der Waals surface area (Å²) in [6.07, 6.45) is 1.52. The first-order valence-corrected chi connectivity index (χ1v) is 4.77. The monoisotopic (exact) mass is 196 g/mol. The normalized spacial score (nSPS) is 27.6. The van der Waals surface area contributed by atoms with Crippen molar-refractivity contribution in [3.05, 3.63) is 35.6 Å². The van der Waals surface area contributed by atoms with Crippen molar-refractivity contribution in [2.75, 3.05) is 13.2 Å². The summed E-state index contributed by atoms with van der Waals surface area (Å²) in [5.41, 5.74) is -0.190. The fourth-order valence-corrected chi connectivity index (χ4v) is 1.77. The zero-order valence-corrected chi connectivity index (χ0v) is 7.87. The van der Waals surface area contributed by atoms with E-state index in [1.54, 1.807) is 12.1 Å². The van der Waals surface area contributed by atoms with Crippen molar-refractivity contribution in [2.45, 2.75) is 18.4 Å². The number of hydrogen-bond acceptors (Lipinski definition) is 2. The summed E-state index contributed by atoms with van der Waals surface area (Å²) < 4.78 is 17.9. The van der Waals surface area contributed by atoms with Gasteiger partial charge in [-0.05, 0) is 30.5 Å². The van der Waals surface area contributed by atoms with E-state index in [-0.39, 0.29) is 5.82 Å². The molecule has 0 unspecified atom stereocenters. The van der Waals surface area contributed by atoms with Gasteiger partial charge in [0.1, 0.15) is 11.4 Å². The molecule has 0 amide bonds. The highest BCUT2D eigenvalue weighted by atomic mass is 19.1. The topological polar surface area (TPSA) is 29.5 Å². The van der Waals surface area contributed by atoms with Gasteiger partial charge in [-0.2, -0.15) is 0 Å². The Bertz CT molecular complexity index is 302. The zero-order valence-electron chi connectivity index (χ0n) is 7.87. The van der Waals surface area contributed by atoms with Crippen LogP contribution in [-0.4, -0.2) is 18.3 Å². The Labute approximate surface area is 82.3 Å². The van der Waals surface area contributed by atoms with Gasteiger partial charge in [-0.15, -0.1) is 0 Å². The van der Waals surface area contributed by atoms with Gasteiger partial charge >= 0.3 is 0 Å². The van der Waals surface area contributed by atoms with E-state index in [2.05, 4.69) is 0 Å². The number of rotatable bonds is 1. The Morgan fingerprint density at radius 3 is 2.57 bits per heavy atom. The SMILES string of the molecule is O[C@@]1(c2ccc(F)cc2)CCCOC1. The molecule has 2 nitrogen and oxygen atoms in total. The van der Waals surface area contributed by atoms with E-state index in [1.165, 1.54) is 12.1 Å². The lowest BCUT2D eigenvalue weighted by Crippen LogP contribution is -2.35. The minimum Gasteiger partial charge on any atom is -0.383 e. The van der Waals surface area contributed by atoms with Crippen LogP contribution in [0.3, 0.4) is 0 Å². The van der Waals surface area contributed by atoms with Crippen LogP contribution in [0.15, 0.2) is 24.3 Å². The van der Waals surface area contributed by atoms with Gasteiger partial charge < -0.3 is 9.84 Å². The van der Waals surface area contributed by atoms with Crippen LogP contribution in [0.2, 0.25) is 0 Å². The third kappa shape index (κ3) is 1.79. The largest absolute Gasteiger partial charge is 0.383 e. The summed E-state index contributed by atoms with van der Waals surface area (Å²) in [7, 11) is 0. The molecule has 0 saturated carbocycles. The molecule has 1 aliphatic heterocycles. The fraction of sp³-hybridized carbons (Fsp3) is 0.455. The average molecular weight is 196 g/mol. The highest BCUT2D eigenvalue weighted by Gasteiger charge is 2.31. The lowest BCUT2D eigenvalue weighted by molar-refractivity contribution is -0.0903. The lowest BCUT2D eigenvalue weighted by atomic mass is 9.88. The molecule has 1 aromatic carbocycles. The van der Waals surface area contributed by atoms with E-state index >= 15 is 0 Å². The van der Waals surface area contributed by atoms with E-state index in [9.17, 15) is 9.50 Å². The molecule has 1 saturated heterocycles. The molecule has 0 radical (unpaired) electrons. The molecule has 1 heterocycles. The number of halogens is 1. The number of aliphatic hydroxyl groups is 1. The molecule has 2 rings (SSSR count). The summed E-state index contributed by atoms with van der Waals surface area (Å²) >= 11 is 0. The third-order valence-electron chi connectivity index (χ3n) is 2.60. The molecule has 0 bridgehead atoms. The molecule has 1 aliphatic rings. The van der Waals surface area contributed by atoms with Crippen molar-refractivity contribution in [1.82, 2.24) is 0 Å². The molecule has 0 aromatic heterocycles. The molecular weight excluding hydrogens is 183 g/mol. The second-order valence-electron chi connectivity index (χ2n) is 3.69. The van der Waals surface area contributed by atoms with Gasteiger partial charge in [0.25, 0.3) is 0 Å². The van der Waals surface area contributed by atoms with E-state index < -0.39 is 5.60 Å². The minimum atomic E-state index is -0.925. The Balaban J connectivity index is 2.23. The standard InChI is InChI=1S/C11H13FO2/c12-10-4-2-9(3-5-10)11(13)6-1-7-14-8-11/h2-5,13H,1,6-8H2/t11-/m0/s1. The van der Waals surface area contributed by atoms with E-state index in [4.69, 9.17) is 4.74 Å². The molecule has 14 heavy (non-hydrogen) atoms. The number of benzene rings is 1. The van der Waals surface area contributed by atoms with Gasteiger partial charge in [0, 0.05) is 6.61 Å². The number of hydrogen-bond donors (Lipinski definition) is 1. The molecule has 0 aliphatic carbocycles. The molecule has 1 N–H and O–H groups in total. The number of ether oxygens (including phenoxy) is 1. The smallest absolute Gasteiger partial charge is 0.123 e. The van der Waals surface area contributed by atoms with Crippen LogP contribution in [0.5, 0.6) is 0 Å². The Morgan fingerprint density at radius 2 is 2.00 bits per heavy atom. The quantitative estimate of drug-likeness (QED) is 0.742. The van der Waals surface area contributed by atoms with Crippen LogP contribution < -0.4 is 0 Å². The molecule has 1 fully saturated rings. The van der Waals surface area contributed by atoms with Crippen LogP contribution in [0, 0.1) is 5.82 Å². The van der Waals surface area contributed by atoms with E-state index in [0.717, 1.165) is 12.0 Å². The van der Waals surface area contributed by atoms with Crippen molar-refractivity contribution >= 4 is 0 Å². The van der Waals surface area contributed by atoms with Gasteiger partial charge in [-0.25, -0.2) is 4.39 Å². The molecule has 1 aromatic rings. The molecule has 76 valence electrons. The van der Waals surface area contributed by atoms with E-state index in [0.29, 0.717) is 19.6 Å². The average Bonchev–Trinajstić information content (AvgIpc) is 2.19. The summed E-state index contributed by atoms with van der Waals surface area (Å²) in [6, 6.07) is 5.96. The minimum absolute atomic E-state index is 0.283. The van der Waals surface area contributed by atoms with Gasteiger partial charge in [-0.3, -0.25) is 0 Å². The van der Waals surface area contributed by atoms with Crippen LogP contribution in [0.25, 0.3) is 0 Å². The Morgan fingerprint density at radius 1 is 1.29 bits per heavy atom. The maximum atomic E-state index is 12.7. The second-order valence-corrected chi connectivity index (χ2v) is 3.69. The summed E-state index contributed by atoms with van der Waals surface area (Å²) in [4.78, 5) is 0. The van der Waals surface area contributed by atoms with Gasteiger partial charge in [0.15, 0.2) is 0 Å². The maximum absolute atomic E-state index is 12.7. The van der Waals surface area contributed by atoms with Gasteiger partial charge in [0.2, 0.25) is 0 Å². The van der Waals surface area contributed by atoms with Gasteiger partial charge in [0.05, 0.1) is 6.61 Å². The first-order valence-electron chi connectivity index (χ1n) is 4.77. The Kier molecular flexibility index (Phi) is 2.52. The van der Waals surface area contributed by atoms with Crippen molar-refractivity contribution < 1.29 is 14.2 Å². The predicted molar refractivity (Wildman–Crippen MR) is 50.3 cm³/mol. The summed E-state index contributed by atoms with van der Waals surface area (Å²) in [5.74, 6) is -0.283. The molecule has 3 heteroatoms. The van der Waals surface area contributed by atoms with Crippen molar-refractivity contribution in [2.24, 2.45) is 0 Å². The fourth-order valence-electron chi connectivity index (χ4n) is 1.77. The first kappa shape index (κ1) is 9.62. The van der Waals surface area contributed by atoms with E-state index in [1.807, 2.05) is 0 Å². The predicted octanol–water partition coefficient (Wildman–Crippen LogP) is 1.82. The van der Waals surface area contributed by atoms with Gasteiger partial charge in [-0.1, -0.05) is 12.1 Å². The van der Waals surface area contributed by atoms with Crippen LogP contribution >= 0.6 is 0 Å². The maximum Gasteiger partial charge on any atom is 0.123 e. The highest BCUT2D eigenvalue weighted by Crippen LogP contribution is 2.29. The first-order chi connectivity index (χ1) is 6.71. The lowest BCUT2D eigenvalue weighted by Gasteiger charge is -2.32. The van der Waals surface area contributed by atoms with Crippen molar-refractivity contribution in [3.63, 3.8) is 0 Å². The summed E-state index contributed by atoms with van der Waals surface area (Å²) in [5, 5.41) is 10.2. The van der Waals surface area contributed by atoms with Crippen LogP contribution in [0.1, 0.15) is 18.4 Å². The second kappa shape index (κ2) is 3.67.